The molecule has 0 saturated carbocycles. The molecule has 0 aliphatic rings. The first-order valence-electron chi connectivity index (χ1n) is 8.22. The fourth-order valence-corrected chi connectivity index (χ4v) is 2.51. The summed E-state index contributed by atoms with van der Waals surface area (Å²) in [5, 5.41) is 7.42. The highest BCUT2D eigenvalue weighted by atomic mass is 35.5. The van der Waals surface area contributed by atoms with Crippen molar-refractivity contribution in [3.63, 3.8) is 0 Å². The molecule has 1 amide bonds. The minimum absolute atomic E-state index is 0.211. The van der Waals surface area contributed by atoms with Gasteiger partial charge < -0.3 is 14.6 Å². The van der Waals surface area contributed by atoms with Crippen LogP contribution in [0.25, 0.3) is 11.3 Å². The lowest BCUT2D eigenvalue weighted by Gasteiger charge is -2.07. The number of aromatic nitrogens is 1. The average molecular weight is 351 g/mol. The molecule has 0 fully saturated rings. The molecular weight excluding hydrogens is 328 g/mol. The van der Waals surface area contributed by atoms with E-state index in [0.29, 0.717) is 40.8 Å². The first-order chi connectivity index (χ1) is 11.6. The van der Waals surface area contributed by atoms with Crippen LogP contribution in [0.15, 0.2) is 28.8 Å². The van der Waals surface area contributed by atoms with E-state index in [4.69, 9.17) is 20.9 Å². The van der Waals surface area contributed by atoms with Gasteiger partial charge in [0.2, 0.25) is 0 Å². The number of carbonyl (C=O) groups is 1. The van der Waals surface area contributed by atoms with Crippen LogP contribution in [0.5, 0.6) is 0 Å². The first-order valence-corrected chi connectivity index (χ1v) is 8.60. The van der Waals surface area contributed by atoms with Gasteiger partial charge >= 0.3 is 0 Å². The third kappa shape index (κ3) is 4.82. The van der Waals surface area contributed by atoms with E-state index < -0.39 is 0 Å². The zero-order valence-electron chi connectivity index (χ0n) is 14.1. The Bertz CT molecular complexity index is 670. The van der Waals surface area contributed by atoms with Crippen LogP contribution in [0.4, 0.5) is 0 Å². The minimum atomic E-state index is -0.211. The number of hydrogen-bond acceptors (Lipinski definition) is 4. The number of aryl methyl sites for hydroxylation is 1. The van der Waals surface area contributed by atoms with Crippen molar-refractivity contribution in [3.8, 4) is 11.3 Å². The lowest BCUT2D eigenvalue weighted by molar-refractivity contribution is 0.0939. The summed E-state index contributed by atoms with van der Waals surface area (Å²) in [5.74, 6) is 0.263. The van der Waals surface area contributed by atoms with Gasteiger partial charge in [-0.1, -0.05) is 48.3 Å². The summed E-state index contributed by atoms with van der Waals surface area (Å²) in [6.45, 7) is 5.79. The monoisotopic (exact) mass is 350 g/mol. The lowest BCUT2D eigenvalue weighted by Crippen LogP contribution is -2.26. The van der Waals surface area contributed by atoms with Crippen LogP contribution >= 0.6 is 11.6 Å². The standard InChI is InChI=1S/C18H23ClN2O3/c1-3-4-11-23-12-7-10-20-18(22)16-13(2)24-21-17(16)14-8-5-6-9-15(14)19/h5-6,8-9H,3-4,7,10-12H2,1-2H3,(H,20,22). The number of carbonyl (C=O) groups excluding carboxylic acids is 1. The van der Waals surface area contributed by atoms with Gasteiger partial charge in [0.05, 0.1) is 5.02 Å². The Labute approximate surface area is 147 Å². The molecule has 1 aromatic heterocycles. The quantitative estimate of drug-likeness (QED) is 0.687. The van der Waals surface area contributed by atoms with Crippen molar-refractivity contribution in [2.75, 3.05) is 19.8 Å². The number of rotatable bonds is 9. The van der Waals surface area contributed by atoms with Crippen molar-refractivity contribution < 1.29 is 14.1 Å². The Balaban J connectivity index is 1.96. The van der Waals surface area contributed by atoms with E-state index in [1.807, 2.05) is 18.2 Å². The molecule has 1 aromatic carbocycles. The van der Waals surface area contributed by atoms with E-state index in [-0.39, 0.29) is 5.91 Å². The highest BCUT2D eigenvalue weighted by Crippen LogP contribution is 2.30. The molecular formula is C18H23ClN2O3. The topological polar surface area (TPSA) is 64.4 Å². The van der Waals surface area contributed by atoms with Crippen molar-refractivity contribution in [3.05, 3.63) is 40.6 Å². The molecule has 1 N–H and O–H groups in total. The SMILES string of the molecule is CCCCOCCCNC(=O)c1c(-c2ccccc2Cl)noc1C. The number of nitrogens with zero attached hydrogens (tertiary/aromatic N) is 1. The number of unbranched alkanes of at least 4 members (excludes halogenated alkanes) is 1. The summed E-state index contributed by atoms with van der Waals surface area (Å²) in [6, 6.07) is 7.26. The molecule has 0 unspecified atom stereocenters. The molecule has 2 rings (SSSR count). The van der Waals surface area contributed by atoms with Gasteiger partial charge in [0, 0.05) is 25.3 Å². The normalized spacial score (nSPS) is 10.8. The van der Waals surface area contributed by atoms with E-state index in [1.54, 1.807) is 13.0 Å². The maximum Gasteiger partial charge on any atom is 0.257 e. The van der Waals surface area contributed by atoms with E-state index in [1.165, 1.54) is 0 Å². The molecule has 0 aliphatic carbocycles. The second-order valence-electron chi connectivity index (χ2n) is 5.52. The molecule has 0 spiro atoms. The van der Waals surface area contributed by atoms with Crippen LogP contribution in [0.2, 0.25) is 5.02 Å². The molecule has 0 saturated heterocycles. The maximum atomic E-state index is 12.5. The summed E-state index contributed by atoms with van der Waals surface area (Å²) in [7, 11) is 0. The smallest absolute Gasteiger partial charge is 0.257 e. The van der Waals surface area contributed by atoms with Gasteiger partial charge in [-0.2, -0.15) is 0 Å². The van der Waals surface area contributed by atoms with Gasteiger partial charge in [0.25, 0.3) is 5.91 Å². The van der Waals surface area contributed by atoms with E-state index in [2.05, 4.69) is 17.4 Å². The average Bonchev–Trinajstić information content (AvgIpc) is 2.96. The molecule has 1 heterocycles. The Kier molecular flexibility index (Phi) is 7.28. The van der Waals surface area contributed by atoms with Crippen LogP contribution in [0.3, 0.4) is 0 Å². The number of ether oxygens (including phenoxy) is 1. The second-order valence-corrected chi connectivity index (χ2v) is 5.92. The summed E-state index contributed by atoms with van der Waals surface area (Å²) in [4.78, 5) is 12.5. The van der Waals surface area contributed by atoms with Crippen molar-refractivity contribution in [2.24, 2.45) is 0 Å². The van der Waals surface area contributed by atoms with Crippen molar-refractivity contribution >= 4 is 17.5 Å². The van der Waals surface area contributed by atoms with Crippen LogP contribution in [0, 0.1) is 6.92 Å². The zero-order chi connectivity index (χ0) is 17.4. The summed E-state index contributed by atoms with van der Waals surface area (Å²) in [6.07, 6.45) is 2.95. The maximum absolute atomic E-state index is 12.5. The summed E-state index contributed by atoms with van der Waals surface area (Å²) in [5.41, 5.74) is 1.58. The largest absolute Gasteiger partial charge is 0.381 e. The number of hydrogen-bond donors (Lipinski definition) is 1. The number of nitrogens with one attached hydrogen (secondary N) is 1. The van der Waals surface area contributed by atoms with Crippen molar-refractivity contribution in [1.29, 1.82) is 0 Å². The van der Waals surface area contributed by atoms with E-state index >= 15 is 0 Å². The number of benzene rings is 1. The Morgan fingerprint density at radius 2 is 2.04 bits per heavy atom. The molecule has 5 nitrogen and oxygen atoms in total. The number of amides is 1. The molecule has 0 atom stereocenters. The minimum Gasteiger partial charge on any atom is -0.381 e. The third-order valence-corrected chi connectivity index (χ3v) is 3.94. The van der Waals surface area contributed by atoms with Crippen molar-refractivity contribution in [2.45, 2.75) is 33.1 Å². The first kappa shape index (κ1) is 18.5. The van der Waals surface area contributed by atoms with Crippen LogP contribution < -0.4 is 5.32 Å². The van der Waals surface area contributed by atoms with Crippen LogP contribution in [-0.2, 0) is 4.74 Å². The van der Waals surface area contributed by atoms with Crippen LogP contribution in [0.1, 0.15) is 42.3 Å². The molecule has 0 bridgehead atoms. The highest BCUT2D eigenvalue weighted by molar-refractivity contribution is 6.33. The molecule has 6 heteroatoms. The predicted molar refractivity (Wildman–Crippen MR) is 94.4 cm³/mol. The van der Waals surface area contributed by atoms with Gasteiger partial charge in [-0.15, -0.1) is 0 Å². The summed E-state index contributed by atoms with van der Waals surface area (Å²) >= 11 is 6.20. The molecule has 0 aliphatic heterocycles. The fraction of sp³-hybridized carbons (Fsp3) is 0.444. The van der Waals surface area contributed by atoms with Gasteiger partial charge in [-0.3, -0.25) is 4.79 Å². The van der Waals surface area contributed by atoms with Gasteiger partial charge in [-0.25, -0.2) is 0 Å². The Morgan fingerprint density at radius 3 is 2.79 bits per heavy atom. The number of halogens is 1. The van der Waals surface area contributed by atoms with Crippen LogP contribution in [-0.4, -0.2) is 30.8 Å². The highest BCUT2D eigenvalue weighted by Gasteiger charge is 2.22. The Hall–Kier alpha value is -1.85. The molecule has 2 aromatic rings. The molecule has 24 heavy (non-hydrogen) atoms. The van der Waals surface area contributed by atoms with E-state index in [9.17, 15) is 4.79 Å². The molecule has 0 radical (unpaired) electrons. The van der Waals surface area contributed by atoms with Gasteiger partial charge in [0.15, 0.2) is 0 Å². The summed E-state index contributed by atoms with van der Waals surface area (Å²) < 4.78 is 10.7. The van der Waals surface area contributed by atoms with E-state index in [0.717, 1.165) is 25.9 Å². The third-order valence-electron chi connectivity index (χ3n) is 3.61. The van der Waals surface area contributed by atoms with Gasteiger partial charge in [-0.05, 0) is 25.8 Å². The van der Waals surface area contributed by atoms with Crippen molar-refractivity contribution in [1.82, 2.24) is 10.5 Å². The zero-order valence-corrected chi connectivity index (χ0v) is 14.9. The Morgan fingerprint density at radius 1 is 1.29 bits per heavy atom. The fourth-order valence-electron chi connectivity index (χ4n) is 2.29. The predicted octanol–water partition coefficient (Wildman–Crippen LogP) is 4.24. The molecule has 130 valence electrons. The second kappa shape index (κ2) is 9.45. The van der Waals surface area contributed by atoms with Gasteiger partial charge in [0.1, 0.15) is 17.0 Å². The lowest BCUT2D eigenvalue weighted by atomic mass is 10.1.